The molecule has 0 amide bonds. The van der Waals surface area contributed by atoms with Crippen molar-refractivity contribution in [2.45, 2.75) is 19.3 Å². The Bertz CT molecular complexity index is 3430. The van der Waals surface area contributed by atoms with Crippen molar-refractivity contribution in [1.29, 1.82) is 0 Å². The number of oxazole rings is 2. The van der Waals surface area contributed by atoms with Crippen LogP contribution in [0.4, 0.5) is 34.1 Å². The van der Waals surface area contributed by atoms with Crippen LogP contribution in [0.2, 0.25) is 0 Å². The molecule has 0 atom stereocenters. The molecule has 0 fully saturated rings. The van der Waals surface area contributed by atoms with Crippen LogP contribution in [-0.4, -0.2) is 9.97 Å². The molecule has 6 heteroatoms. The van der Waals surface area contributed by atoms with Gasteiger partial charge in [-0.05, 0) is 143 Å². The van der Waals surface area contributed by atoms with Gasteiger partial charge >= 0.3 is 0 Å². The zero-order valence-corrected chi connectivity index (χ0v) is 35.9. The van der Waals surface area contributed by atoms with Crippen LogP contribution in [0.25, 0.3) is 67.4 Å². The maximum Gasteiger partial charge on any atom is 0.227 e. The van der Waals surface area contributed by atoms with Gasteiger partial charge in [-0.1, -0.05) is 123 Å². The number of hydrogen-bond donors (Lipinski definition) is 0. The first-order chi connectivity index (χ1) is 31.9. The minimum absolute atomic E-state index is 0.252. The van der Waals surface area contributed by atoms with E-state index in [1.807, 2.05) is 54.6 Å². The van der Waals surface area contributed by atoms with Crippen molar-refractivity contribution in [2.24, 2.45) is 0 Å². The lowest BCUT2D eigenvalue weighted by molar-refractivity contribution is 0.615. The molecule has 0 aliphatic carbocycles. The zero-order chi connectivity index (χ0) is 43.5. The fraction of sp³-hybridized carbons (Fsp3) is 0.0508. The highest BCUT2D eigenvalue weighted by Crippen LogP contribution is 2.53. The third-order valence-electron chi connectivity index (χ3n) is 12.8. The Morgan fingerprint density at radius 3 is 1.38 bits per heavy atom. The molecular weight excluding hydrogens is 797 g/mol. The molecule has 3 heterocycles. The van der Waals surface area contributed by atoms with Crippen LogP contribution in [0.5, 0.6) is 0 Å². The Labute approximate surface area is 377 Å². The van der Waals surface area contributed by atoms with Gasteiger partial charge in [0.2, 0.25) is 11.8 Å². The standard InChI is InChI=1S/C59H42N4O2/c1-59(2)49-14-6-9-17-53(49)63(54-37-28-44(38-50(54)59)58-61-52-16-8-11-19-56(52)65-58)48-33-24-42(25-34-48)41-22-31-46(32-23-41)62(45-29-20-40(21-30-45)39-12-4-3-5-13-39)47-35-26-43(27-36-47)57-60-51-15-7-10-18-55(51)64-57/h3-38H,1-2H3. The molecule has 11 aromatic rings. The second kappa shape index (κ2) is 15.4. The van der Waals surface area contributed by atoms with Crippen LogP contribution in [0.3, 0.4) is 0 Å². The summed E-state index contributed by atoms with van der Waals surface area (Å²) in [5, 5.41) is 0. The van der Waals surface area contributed by atoms with Crippen molar-refractivity contribution in [3.8, 4) is 45.2 Å². The lowest BCUT2D eigenvalue weighted by Crippen LogP contribution is -2.30. The van der Waals surface area contributed by atoms with Crippen molar-refractivity contribution < 1.29 is 8.83 Å². The maximum absolute atomic E-state index is 6.23. The van der Waals surface area contributed by atoms with E-state index < -0.39 is 0 Å². The predicted octanol–water partition coefficient (Wildman–Crippen LogP) is 16.2. The van der Waals surface area contributed by atoms with E-state index in [-0.39, 0.29) is 5.41 Å². The fourth-order valence-corrected chi connectivity index (χ4v) is 9.35. The van der Waals surface area contributed by atoms with Crippen LogP contribution >= 0.6 is 0 Å². The van der Waals surface area contributed by atoms with Gasteiger partial charge in [0, 0.05) is 39.3 Å². The normalized spacial score (nSPS) is 12.9. The number of anilines is 6. The molecule has 0 spiro atoms. The van der Waals surface area contributed by atoms with Gasteiger partial charge in [-0.3, -0.25) is 0 Å². The molecule has 2 aromatic heterocycles. The second-order valence-corrected chi connectivity index (χ2v) is 17.1. The molecule has 0 saturated heterocycles. The highest BCUT2D eigenvalue weighted by molar-refractivity contribution is 5.89. The topological polar surface area (TPSA) is 58.5 Å². The Balaban J connectivity index is 0.870. The number of fused-ring (bicyclic) bond motifs is 4. The smallest absolute Gasteiger partial charge is 0.227 e. The predicted molar refractivity (Wildman–Crippen MR) is 265 cm³/mol. The average molecular weight is 839 g/mol. The molecule has 0 saturated carbocycles. The summed E-state index contributed by atoms with van der Waals surface area (Å²) in [5.74, 6) is 1.24. The van der Waals surface area contributed by atoms with Gasteiger partial charge in [-0.2, -0.15) is 0 Å². The van der Waals surface area contributed by atoms with E-state index in [1.54, 1.807) is 0 Å². The lowest BCUT2D eigenvalue weighted by Gasteiger charge is -2.42. The molecule has 0 N–H and O–H groups in total. The van der Waals surface area contributed by atoms with Crippen LogP contribution in [0, 0.1) is 0 Å². The number of hydrogen-bond acceptors (Lipinski definition) is 6. The van der Waals surface area contributed by atoms with Crippen molar-refractivity contribution in [1.82, 2.24) is 9.97 Å². The van der Waals surface area contributed by atoms with E-state index in [1.165, 1.54) is 27.9 Å². The molecule has 310 valence electrons. The van der Waals surface area contributed by atoms with Crippen LogP contribution in [-0.2, 0) is 5.41 Å². The van der Waals surface area contributed by atoms with Gasteiger partial charge in [-0.15, -0.1) is 0 Å². The Hall–Kier alpha value is -8.48. The lowest BCUT2D eigenvalue weighted by atomic mass is 9.73. The van der Waals surface area contributed by atoms with E-state index in [0.717, 1.165) is 72.9 Å². The summed E-state index contributed by atoms with van der Waals surface area (Å²) in [5.41, 5.74) is 18.6. The molecule has 0 bridgehead atoms. The minimum atomic E-state index is -0.252. The number of para-hydroxylation sites is 5. The highest BCUT2D eigenvalue weighted by Gasteiger charge is 2.37. The van der Waals surface area contributed by atoms with E-state index >= 15 is 0 Å². The molecule has 0 radical (unpaired) electrons. The summed E-state index contributed by atoms with van der Waals surface area (Å²) < 4.78 is 12.3. The summed E-state index contributed by atoms with van der Waals surface area (Å²) in [6, 6.07) is 76.6. The molecular formula is C59H42N4O2. The van der Waals surface area contributed by atoms with Gasteiger partial charge < -0.3 is 18.6 Å². The van der Waals surface area contributed by atoms with Gasteiger partial charge in [0.1, 0.15) is 11.0 Å². The first-order valence-electron chi connectivity index (χ1n) is 22.0. The molecule has 1 aliphatic rings. The van der Waals surface area contributed by atoms with Crippen molar-refractivity contribution in [3.63, 3.8) is 0 Å². The minimum Gasteiger partial charge on any atom is -0.436 e. The van der Waals surface area contributed by atoms with Crippen LogP contribution < -0.4 is 9.80 Å². The van der Waals surface area contributed by atoms with Crippen LogP contribution in [0.1, 0.15) is 25.0 Å². The van der Waals surface area contributed by atoms with Gasteiger partial charge in [0.25, 0.3) is 0 Å². The summed E-state index contributed by atoms with van der Waals surface area (Å²) in [7, 11) is 0. The largest absolute Gasteiger partial charge is 0.436 e. The average Bonchev–Trinajstić information content (AvgIpc) is 4.01. The molecule has 65 heavy (non-hydrogen) atoms. The fourth-order valence-electron chi connectivity index (χ4n) is 9.35. The van der Waals surface area contributed by atoms with E-state index in [9.17, 15) is 0 Å². The molecule has 1 aliphatic heterocycles. The Morgan fingerprint density at radius 1 is 0.385 bits per heavy atom. The van der Waals surface area contributed by atoms with Crippen molar-refractivity contribution >= 4 is 56.3 Å². The van der Waals surface area contributed by atoms with Crippen molar-refractivity contribution in [3.05, 3.63) is 230 Å². The molecule has 6 nitrogen and oxygen atoms in total. The third kappa shape index (κ3) is 6.75. The third-order valence-corrected chi connectivity index (χ3v) is 12.8. The van der Waals surface area contributed by atoms with Gasteiger partial charge in [0.05, 0.1) is 11.4 Å². The zero-order valence-electron chi connectivity index (χ0n) is 35.9. The van der Waals surface area contributed by atoms with Gasteiger partial charge in [0.15, 0.2) is 11.2 Å². The number of nitrogens with zero attached hydrogens (tertiary/aromatic N) is 4. The summed E-state index contributed by atoms with van der Waals surface area (Å²) in [4.78, 5) is 14.2. The number of aromatic nitrogens is 2. The Kier molecular flexibility index (Phi) is 9.05. The first-order valence-corrected chi connectivity index (χ1v) is 22.0. The highest BCUT2D eigenvalue weighted by atomic mass is 16.4. The van der Waals surface area contributed by atoms with Gasteiger partial charge in [-0.25, -0.2) is 9.97 Å². The van der Waals surface area contributed by atoms with E-state index in [2.05, 4.69) is 187 Å². The number of benzene rings is 9. The Morgan fingerprint density at radius 2 is 0.815 bits per heavy atom. The van der Waals surface area contributed by atoms with Crippen molar-refractivity contribution in [2.75, 3.05) is 9.80 Å². The first kappa shape index (κ1) is 38.2. The second-order valence-electron chi connectivity index (χ2n) is 17.1. The molecule has 12 rings (SSSR count). The summed E-state index contributed by atoms with van der Waals surface area (Å²) in [6.45, 7) is 4.61. The molecule has 0 unspecified atom stereocenters. The quantitative estimate of drug-likeness (QED) is 0.152. The van der Waals surface area contributed by atoms with Crippen LogP contribution in [0.15, 0.2) is 227 Å². The maximum atomic E-state index is 6.23. The SMILES string of the molecule is CC1(C)c2ccccc2N(c2ccc(-c3ccc(N(c4ccc(-c5ccccc5)cc4)c4ccc(-c5nc6ccccc6o5)cc4)cc3)cc2)c2ccc(-c3nc4ccccc4o3)cc21. The molecule has 9 aromatic carbocycles. The monoisotopic (exact) mass is 838 g/mol. The summed E-state index contributed by atoms with van der Waals surface area (Å²) in [6.07, 6.45) is 0. The van der Waals surface area contributed by atoms with E-state index in [0.29, 0.717) is 11.8 Å². The summed E-state index contributed by atoms with van der Waals surface area (Å²) >= 11 is 0. The number of rotatable bonds is 8. The van der Waals surface area contributed by atoms with E-state index in [4.69, 9.17) is 18.8 Å².